The summed E-state index contributed by atoms with van der Waals surface area (Å²) >= 11 is 0. The van der Waals surface area contributed by atoms with Crippen molar-refractivity contribution in [3.63, 3.8) is 0 Å². The van der Waals surface area contributed by atoms with Gasteiger partial charge in [-0.3, -0.25) is 14.4 Å². The Kier molecular flexibility index (Phi) is 4.28. The number of imidazole rings is 1. The van der Waals surface area contributed by atoms with E-state index in [9.17, 15) is 14.4 Å². The first-order valence-corrected chi connectivity index (χ1v) is 7.63. The number of aromatic amines is 2. The summed E-state index contributed by atoms with van der Waals surface area (Å²) in [6.07, 6.45) is 4.44. The minimum atomic E-state index is -0.743. The summed E-state index contributed by atoms with van der Waals surface area (Å²) in [6, 6.07) is 4.73. The number of nitrogens with one attached hydrogen (secondary N) is 3. The van der Waals surface area contributed by atoms with Crippen LogP contribution >= 0.6 is 0 Å². The topological polar surface area (TPSA) is 113 Å². The van der Waals surface area contributed by atoms with Crippen LogP contribution in [0.1, 0.15) is 23.1 Å². The van der Waals surface area contributed by atoms with E-state index in [4.69, 9.17) is 0 Å². The zero-order valence-corrected chi connectivity index (χ0v) is 13.1. The molecular weight excluding hydrogens is 310 g/mol. The lowest BCUT2D eigenvalue weighted by Crippen LogP contribution is -2.29. The van der Waals surface area contributed by atoms with E-state index in [2.05, 4.69) is 20.3 Å². The van der Waals surface area contributed by atoms with Crippen molar-refractivity contribution in [3.05, 3.63) is 62.7 Å². The highest BCUT2D eigenvalue weighted by molar-refractivity contribution is 5.97. The molecule has 1 aromatic carbocycles. The number of benzene rings is 1. The fraction of sp³-hybridized carbons (Fsp3) is 0.250. The van der Waals surface area contributed by atoms with Gasteiger partial charge >= 0.3 is 11.1 Å². The van der Waals surface area contributed by atoms with Crippen LogP contribution in [0.3, 0.4) is 0 Å². The number of hydrogen-bond acceptors (Lipinski definition) is 4. The van der Waals surface area contributed by atoms with Gasteiger partial charge in [-0.25, -0.2) is 4.98 Å². The van der Waals surface area contributed by atoms with Crippen molar-refractivity contribution in [2.75, 3.05) is 6.54 Å². The average Bonchev–Trinajstić information content (AvgIpc) is 3.03. The van der Waals surface area contributed by atoms with Gasteiger partial charge in [-0.2, -0.15) is 0 Å². The molecule has 0 saturated heterocycles. The Labute approximate surface area is 136 Å². The van der Waals surface area contributed by atoms with Crippen LogP contribution in [0.5, 0.6) is 0 Å². The molecule has 0 radical (unpaired) electrons. The van der Waals surface area contributed by atoms with E-state index < -0.39 is 11.1 Å². The van der Waals surface area contributed by atoms with Gasteiger partial charge in [0.05, 0.1) is 11.0 Å². The van der Waals surface area contributed by atoms with Crippen LogP contribution in [0.4, 0.5) is 0 Å². The van der Waals surface area contributed by atoms with Gasteiger partial charge in [-0.15, -0.1) is 0 Å². The number of aryl methyl sites for hydroxylation is 1. The number of carbonyl (C=O) groups excluding carboxylic acids is 1. The van der Waals surface area contributed by atoms with Gasteiger partial charge in [0, 0.05) is 37.5 Å². The monoisotopic (exact) mass is 327 g/mol. The van der Waals surface area contributed by atoms with Gasteiger partial charge in [0.15, 0.2) is 0 Å². The summed E-state index contributed by atoms with van der Waals surface area (Å²) in [6.45, 7) is 3.12. The molecule has 0 saturated carbocycles. The summed E-state index contributed by atoms with van der Waals surface area (Å²) in [4.78, 5) is 44.0. The van der Waals surface area contributed by atoms with Gasteiger partial charge in [0.2, 0.25) is 0 Å². The third-order valence-corrected chi connectivity index (χ3v) is 3.74. The van der Waals surface area contributed by atoms with E-state index in [1.165, 1.54) is 6.07 Å². The number of hydrogen-bond donors (Lipinski definition) is 3. The molecule has 0 aliphatic heterocycles. The fourth-order valence-corrected chi connectivity index (χ4v) is 2.51. The van der Waals surface area contributed by atoms with Crippen LogP contribution in [0.25, 0.3) is 11.0 Å². The molecule has 124 valence electrons. The smallest absolute Gasteiger partial charge is 0.314 e. The summed E-state index contributed by atoms with van der Waals surface area (Å²) in [5.41, 5.74) is -0.164. The summed E-state index contributed by atoms with van der Waals surface area (Å²) in [5, 5.41) is 2.83. The Hall–Kier alpha value is -3.16. The highest BCUT2D eigenvalue weighted by Crippen LogP contribution is 2.09. The number of nitrogens with zero attached hydrogens (tertiary/aromatic N) is 2. The quantitative estimate of drug-likeness (QED) is 0.589. The number of rotatable bonds is 5. The Morgan fingerprint density at radius 2 is 1.96 bits per heavy atom. The molecule has 1 amide bonds. The molecule has 8 nitrogen and oxygen atoms in total. The predicted octanol–water partition coefficient (Wildman–Crippen LogP) is 0.405. The maximum absolute atomic E-state index is 12.2. The molecule has 0 fully saturated rings. The van der Waals surface area contributed by atoms with Crippen LogP contribution in [-0.2, 0) is 13.0 Å². The highest BCUT2D eigenvalue weighted by atomic mass is 16.2. The number of aromatic nitrogens is 4. The number of H-pyrrole nitrogens is 2. The molecule has 0 bridgehead atoms. The molecular formula is C16H17N5O3. The SMILES string of the molecule is CCc1nccn1CCNC(=O)c1ccc2[nH]c(=O)c(=O)[nH]c2c1. The van der Waals surface area contributed by atoms with E-state index >= 15 is 0 Å². The summed E-state index contributed by atoms with van der Waals surface area (Å²) in [7, 11) is 0. The zero-order chi connectivity index (χ0) is 17.1. The van der Waals surface area contributed by atoms with E-state index in [-0.39, 0.29) is 5.91 Å². The molecule has 0 aliphatic rings. The first kappa shape index (κ1) is 15.7. The van der Waals surface area contributed by atoms with E-state index in [1.54, 1.807) is 18.3 Å². The van der Waals surface area contributed by atoms with Crippen molar-refractivity contribution in [1.82, 2.24) is 24.8 Å². The van der Waals surface area contributed by atoms with Crippen LogP contribution in [0.2, 0.25) is 0 Å². The van der Waals surface area contributed by atoms with Crippen molar-refractivity contribution in [1.29, 1.82) is 0 Å². The Morgan fingerprint density at radius 3 is 2.71 bits per heavy atom. The molecule has 2 aromatic heterocycles. The second-order valence-electron chi connectivity index (χ2n) is 5.31. The molecule has 2 heterocycles. The minimum absolute atomic E-state index is 0.248. The largest absolute Gasteiger partial charge is 0.350 e. The zero-order valence-electron chi connectivity index (χ0n) is 13.1. The number of carbonyl (C=O) groups is 1. The van der Waals surface area contributed by atoms with E-state index in [1.807, 2.05) is 17.7 Å². The standard InChI is InChI=1S/C16H17N5O3/c1-2-13-17-5-7-21(13)8-6-18-14(22)10-3-4-11-12(9-10)20-16(24)15(23)19-11/h3-5,7,9H,2,6,8H2,1H3,(H,18,22)(H,19,23)(H,20,24). The van der Waals surface area contributed by atoms with Gasteiger partial charge in [-0.05, 0) is 18.2 Å². The third kappa shape index (κ3) is 3.12. The lowest BCUT2D eigenvalue weighted by Gasteiger charge is -2.08. The second-order valence-corrected chi connectivity index (χ2v) is 5.31. The molecule has 8 heteroatoms. The van der Waals surface area contributed by atoms with Crippen molar-refractivity contribution in [2.45, 2.75) is 19.9 Å². The van der Waals surface area contributed by atoms with Gasteiger partial charge in [-0.1, -0.05) is 6.92 Å². The van der Waals surface area contributed by atoms with Crippen LogP contribution in [-0.4, -0.2) is 32.0 Å². The normalized spacial score (nSPS) is 10.9. The molecule has 0 spiro atoms. The molecule has 0 atom stereocenters. The number of amides is 1. The van der Waals surface area contributed by atoms with Crippen LogP contribution < -0.4 is 16.4 Å². The lowest BCUT2D eigenvalue weighted by atomic mass is 10.2. The fourth-order valence-electron chi connectivity index (χ4n) is 2.51. The molecule has 3 rings (SSSR count). The van der Waals surface area contributed by atoms with Crippen molar-refractivity contribution in [2.24, 2.45) is 0 Å². The van der Waals surface area contributed by atoms with Gasteiger partial charge < -0.3 is 19.9 Å². The molecule has 0 aliphatic carbocycles. The Balaban J connectivity index is 1.71. The summed E-state index contributed by atoms with van der Waals surface area (Å²) < 4.78 is 1.99. The van der Waals surface area contributed by atoms with E-state index in [0.29, 0.717) is 29.7 Å². The maximum Gasteiger partial charge on any atom is 0.314 e. The molecule has 3 aromatic rings. The predicted molar refractivity (Wildman–Crippen MR) is 89.1 cm³/mol. The van der Waals surface area contributed by atoms with Crippen molar-refractivity contribution < 1.29 is 4.79 Å². The van der Waals surface area contributed by atoms with Crippen molar-refractivity contribution in [3.8, 4) is 0 Å². The van der Waals surface area contributed by atoms with Crippen molar-refractivity contribution >= 4 is 16.9 Å². The van der Waals surface area contributed by atoms with E-state index in [0.717, 1.165) is 12.2 Å². The lowest BCUT2D eigenvalue weighted by molar-refractivity contribution is 0.0952. The first-order chi connectivity index (χ1) is 11.6. The third-order valence-electron chi connectivity index (χ3n) is 3.74. The Bertz CT molecular complexity index is 999. The first-order valence-electron chi connectivity index (χ1n) is 7.63. The van der Waals surface area contributed by atoms with Gasteiger partial charge in [0.25, 0.3) is 5.91 Å². The molecule has 24 heavy (non-hydrogen) atoms. The second kappa shape index (κ2) is 6.53. The Morgan fingerprint density at radius 1 is 1.21 bits per heavy atom. The molecule has 3 N–H and O–H groups in total. The summed E-state index contributed by atoms with van der Waals surface area (Å²) in [5.74, 6) is 0.721. The van der Waals surface area contributed by atoms with Crippen LogP contribution in [0, 0.1) is 0 Å². The van der Waals surface area contributed by atoms with Crippen LogP contribution in [0.15, 0.2) is 40.2 Å². The minimum Gasteiger partial charge on any atom is -0.350 e. The van der Waals surface area contributed by atoms with Gasteiger partial charge in [0.1, 0.15) is 5.82 Å². The average molecular weight is 327 g/mol. The maximum atomic E-state index is 12.2. The molecule has 0 unspecified atom stereocenters. The number of fused-ring (bicyclic) bond motifs is 1. The highest BCUT2D eigenvalue weighted by Gasteiger charge is 2.08.